The molecule has 1 atom stereocenters. The van der Waals surface area contributed by atoms with Crippen LogP contribution in [0.3, 0.4) is 0 Å². The van der Waals surface area contributed by atoms with Gasteiger partial charge in [-0.05, 0) is 35.4 Å². The molecular weight excluding hydrogens is 242 g/mol. The predicted molar refractivity (Wildman–Crippen MR) is 52.0 cm³/mol. The van der Waals surface area contributed by atoms with Crippen LogP contribution in [0, 0.1) is 0 Å². The molecule has 0 fully saturated rings. The number of carbonyl (C=O) groups is 1. The average Bonchev–Trinajstić information content (AvgIpc) is 2.17. The zero-order valence-corrected chi connectivity index (χ0v) is 8.96. The van der Waals surface area contributed by atoms with E-state index in [9.17, 15) is 18.1 Å². The highest BCUT2D eigenvalue weighted by Crippen LogP contribution is 2.23. The van der Waals surface area contributed by atoms with Crippen molar-refractivity contribution in [1.29, 1.82) is 0 Å². The topological polar surface area (TPSA) is 69.6 Å². The van der Waals surface area contributed by atoms with Crippen LogP contribution in [0.5, 0.6) is 5.75 Å². The highest BCUT2D eigenvalue weighted by atomic mass is 32.2. The molecule has 1 aromatic rings. The van der Waals surface area contributed by atoms with Crippen molar-refractivity contribution in [3.63, 3.8) is 0 Å². The Labute approximate surface area is 93.0 Å². The third-order valence-corrected chi connectivity index (χ3v) is 2.59. The van der Waals surface area contributed by atoms with Crippen LogP contribution in [0.4, 0.5) is 8.78 Å². The lowest BCUT2D eigenvalue weighted by molar-refractivity contribution is -0.210. The lowest BCUT2D eigenvalue weighted by Gasteiger charge is -2.13. The van der Waals surface area contributed by atoms with E-state index in [-0.39, 0.29) is 5.75 Å². The maximum atomic E-state index is 12.6. The van der Waals surface area contributed by atoms with E-state index < -0.39 is 23.3 Å². The maximum absolute atomic E-state index is 12.6. The lowest BCUT2D eigenvalue weighted by atomic mass is 10.3. The molecule has 88 valence electrons. The van der Waals surface area contributed by atoms with Gasteiger partial charge in [0.15, 0.2) is 4.90 Å². The van der Waals surface area contributed by atoms with E-state index in [1.807, 2.05) is 0 Å². The first kappa shape index (κ1) is 12.7. The SMILES string of the molecule is C[S+]([O-])c1ccc(OC(F)(F)C(=O)O)cc1. The summed E-state index contributed by atoms with van der Waals surface area (Å²) in [4.78, 5) is 10.5. The Morgan fingerprint density at radius 2 is 1.94 bits per heavy atom. The Bertz CT molecular complexity index is 378. The van der Waals surface area contributed by atoms with Gasteiger partial charge in [-0.1, -0.05) is 0 Å². The molecule has 0 heterocycles. The molecule has 0 bridgehead atoms. The molecule has 16 heavy (non-hydrogen) atoms. The van der Waals surface area contributed by atoms with Gasteiger partial charge in [0.2, 0.25) is 0 Å². The van der Waals surface area contributed by atoms with Crippen LogP contribution >= 0.6 is 0 Å². The van der Waals surface area contributed by atoms with E-state index in [1.165, 1.54) is 18.4 Å². The van der Waals surface area contributed by atoms with Crippen molar-refractivity contribution in [2.45, 2.75) is 11.0 Å². The molecule has 0 aromatic heterocycles. The molecule has 0 spiro atoms. The summed E-state index contributed by atoms with van der Waals surface area (Å²) >= 11 is -1.23. The van der Waals surface area contributed by atoms with Crippen molar-refractivity contribution >= 4 is 17.1 Å². The molecule has 0 amide bonds. The zero-order valence-electron chi connectivity index (χ0n) is 8.15. The van der Waals surface area contributed by atoms with Gasteiger partial charge in [0, 0.05) is 0 Å². The maximum Gasteiger partial charge on any atom is 0.501 e. The first-order chi connectivity index (χ1) is 7.33. The third kappa shape index (κ3) is 3.07. The highest BCUT2D eigenvalue weighted by Gasteiger charge is 2.42. The van der Waals surface area contributed by atoms with Gasteiger partial charge in [-0.15, -0.1) is 0 Å². The van der Waals surface area contributed by atoms with Crippen LogP contribution < -0.4 is 4.74 Å². The Morgan fingerprint density at radius 3 is 2.31 bits per heavy atom. The Morgan fingerprint density at radius 1 is 1.44 bits per heavy atom. The van der Waals surface area contributed by atoms with Crippen LogP contribution in [-0.4, -0.2) is 28.0 Å². The molecule has 1 N–H and O–H groups in total. The van der Waals surface area contributed by atoms with Gasteiger partial charge in [0.25, 0.3) is 0 Å². The molecule has 0 aliphatic carbocycles. The fourth-order valence-electron chi connectivity index (χ4n) is 0.891. The van der Waals surface area contributed by atoms with Gasteiger partial charge in [-0.3, -0.25) is 0 Å². The molecule has 0 radical (unpaired) electrons. The standard InChI is InChI=1S/C9H8F2O4S/c1-16(14)7-4-2-6(3-5-7)15-9(10,11)8(12)13/h2-5H,1H3,(H,12,13). The molecule has 0 saturated heterocycles. The van der Waals surface area contributed by atoms with E-state index in [2.05, 4.69) is 4.74 Å². The number of aliphatic carboxylic acids is 1. The number of rotatable bonds is 4. The van der Waals surface area contributed by atoms with Crippen molar-refractivity contribution in [1.82, 2.24) is 0 Å². The summed E-state index contributed by atoms with van der Waals surface area (Å²) < 4.78 is 40.2. The van der Waals surface area contributed by atoms with Crippen molar-refractivity contribution in [2.75, 3.05) is 6.26 Å². The van der Waals surface area contributed by atoms with Crippen molar-refractivity contribution in [2.24, 2.45) is 0 Å². The Hall–Kier alpha value is -1.34. The van der Waals surface area contributed by atoms with Crippen molar-refractivity contribution in [3.8, 4) is 5.75 Å². The normalized spacial score (nSPS) is 13.2. The number of alkyl halides is 2. The summed E-state index contributed by atoms with van der Waals surface area (Å²) in [6.45, 7) is 0. The molecule has 0 aliphatic rings. The van der Waals surface area contributed by atoms with Gasteiger partial charge in [-0.2, -0.15) is 8.78 Å². The largest absolute Gasteiger partial charge is 0.612 e. The molecule has 1 unspecified atom stereocenters. The number of carboxylic acid groups (broad SMARTS) is 1. The van der Waals surface area contributed by atoms with Crippen LogP contribution in [0.1, 0.15) is 0 Å². The predicted octanol–water partition coefficient (Wildman–Crippen LogP) is 1.48. The van der Waals surface area contributed by atoms with Crippen LogP contribution in [0.25, 0.3) is 0 Å². The monoisotopic (exact) mass is 250 g/mol. The Kier molecular flexibility index (Phi) is 3.71. The van der Waals surface area contributed by atoms with Gasteiger partial charge < -0.3 is 14.4 Å². The van der Waals surface area contributed by atoms with Crippen LogP contribution in [0.15, 0.2) is 29.2 Å². The molecule has 0 aliphatic heterocycles. The number of hydrogen-bond donors (Lipinski definition) is 1. The smallest absolute Gasteiger partial charge is 0.501 e. The lowest BCUT2D eigenvalue weighted by Crippen LogP contribution is -2.34. The Balaban J connectivity index is 2.80. The summed E-state index contributed by atoms with van der Waals surface area (Å²) in [6, 6.07) is 4.91. The first-order valence-electron chi connectivity index (χ1n) is 4.06. The highest BCUT2D eigenvalue weighted by molar-refractivity contribution is 7.90. The summed E-state index contributed by atoms with van der Waals surface area (Å²) in [5, 5.41) is 8.12. The van der Waals surface area contributed by atoms with Crippen molar-refractivity contribution in [3.05, 3.63) is 24.3 Å². The molecule has 1 rings (SSSR count). The number of carboxylic acids is 1. The van der Waals surface area contributed by atoms with E-state index in [1.54, 1.807) is 0 Å². The second-order valence-electron chi connectivity index (χ2n) is 2.85. The van der Waals surface area contributed by atoms with Gasteiger partial charge in [0.05, 0.1) is 0 Å². The number of hydrogen-bond acceptors (Lipinski definition) is 3. The van der Waals surface area contributed by atoms with Crippen LogP contribution in [-0.2, 0) is 16.0 Å². The number of benzene rings is 1. The van der Waals surface area contributed by atoms with E-state index in [4.69, 9.17) is 5.11 Å². The minimum Gasteiger partial charge on any atom is -0.612 e. The minimum atomic E-state index is -4.27. The molecular formula is C9H8F2O4S. The van der Waals surface area contributed by atoms with Crippen molar-refractivity contribution < 1.29 is 28.0 Å². The van der Waals surface area contributed by atoms with E-state index in [0.717, 1.165) is 12.1 Å². The van der Waals surface area contributed by atoms with Gasteiger partial charge in [0.1, 0.15) is 12.0 Å². The van der Waals surface area contributed by atoms with Crippen LogP contribution in [0.2, 0.25) is 0 Å². The summed E-state index contributed by atoms with van der Waals surface area (Å²) in [5.41, 5.74) is 0. The van der Waals surface area contributed by atoms with Gasteiger partial charge >= 0.3 is 12.1 Å². The average molecular weight is 250 g/mol. The third-order valence-electron chi connectivity index (χ3n) is 1.65. The number of ether oxygens (including phenoxy) is 1. The molecule has 1 aromatic carbocycles. The fourth-order valence-corrected chi connectivity index (χ4v) is 1.41. The first-order valence-corrected chi connectivity index (χ1v) is 5.62. The summed E-state index contributed by atoms with van der Waals surface area (Å²) in [7, 11) is 0. The summed E-state index contributed by atoms with van der Waals surface area (Å²) in [6.07, 6.45) is -2.84. The second-order valence-corrected chi connectivity index (χ2v) is 4.23. The molecule has 7 heteroatoms. The number of halogens is 2. The quantitative estimate of drug-likeness (QED) is 0.822. The summed E-state index contributed by atoms with van der Waals surface area (Å²) in [5.74, 6) is -2.67. The molecule has 0 saturated carbocycles. The van der Waals surface area contributed by atoms with E-state index >= 15 is 0 Å². The second kappa shape index (κ2) is 4.67. The fraction of sp³-hybridized carbons (Fsp3) is 0.222. The minimum absolute atomic E-state index is 0.304. The molecule has 4 nitrogen and oxygen atoms in total. The zero-order chi connectivity index (χ0) is 12.3. The van der Waals surface area contributed by atoms with Gasteiger partial charge in [-0.25, -0.2) is 4.79 Å². The van der Waals surface area contributed by atoms with E-state index in [0.29, 0.717) is 4.90 Å².